The quantitative estimate of drug-likeness (QED) is 0.633. The first kappa shape index (κ1) is 13.0. The van der Waals surface area contributed by atoms with E-state index in [0.717, 1.165) is 25.8 Å². The summed E-state index contributed by atoms with van der Waals surface area (Å²) >= 11 is 0. The minimum absolute atomic E-state index is 0.0184. The summed E-state index contributed by atoms with van der Waals surface area (Å²) in [4.78, 5) is 23.8. The van der Waals surface area contributed by atoms with Gasteiger partial charge in [-0.15, -0.1) is 0 Å². The van der Waals surface area contributed by atoms with E-state index in [9.17, 15) is 9.59 Å². The van der Waals surface area contributed by atoms with E-state index in [1.54, 1.807) is 4.90 Å². The number of nitrogens with zero attached hydrogens (tertiary/aromatic N) is 1. The molecule has 1 saturated carbocycles. The summed E-state index contributed by atoms with van der Waals surface area (Å²) in [5.41, 5.74) is 0. The summed E-state index contributed by atoms with van der Waals surface area (Å²) in [6, 6.07) is 0.381. The Labute approximate surface area is 95.8 Å². The molecule has 0 aromatic heterocycles. The van der Waals surface area contributed by atoms with Crippen molar-refractivity contribution in [3.8, 4) is 0 Å². The van der Waals surface area contributed by atoms with Gasteiger partial charge in [-0.25, -0.2) is 0 Å². The summed E-state index contributed by atoms with van der Waals surface area (Å²) in [6.07, 6.45) is 3.46. The number of carbonyl (C=O) groups excluding carboxylic acids is 1. The molecule has 0 radical (unpaired) electrons. The van der Waals surface area contributed by atoms with E-state index in [2.05, 4.69) is 5.32 Å². The molecule has 0 spiro atoms. The van der Waals surface area contributed by atoms with Crippen molar-refractivity contribution in [2.45, 2.75) is 38.6 Å². The van der Waals surface area contributed by atoms with E-state index >= 15 is 0 Å². The lowest BCUT2D eigenvalue weighted by Gasteiger charge is -2.18. The summed E-state index contributed by atoms with van der Waals surface area (Å²) in [7, 11) is 0. The highest BCUT2D eigenvalue weighted by Gasteiger charge is 2.23. The third-order valence-corrected chi connectivity index (χ3v) is 2.50. The highest BCUT2D eigenvalue weighted by atomic mass is 16.4. The smallest absolute Gasteiger partial charge is 0.317 e. The molecule has 1 fully saturated rings. The first-order valence-corrected chi connectivity index (χ1v) is 5.85. The molecule has 0 unspecified atom stereocenters. The second-order valence-electron chi connectivity index (χ2n) is 4.26. The highest BCUT2D eigenvalue weighted by molar-refractivity contribution is 5.76. The Balaban J connectivity index is 2.18. The van der Waals surface area contributed by atoms with E-state index in [4.69, 9.17) is 5.11 Å². The van der Waals surface area contributed by atoms with Crippen molar-refractivity contribution in [3.05, 3.63) is 0 Å². The van der Waals surface area contributed by atoms with Crippen LogP contribution in [0.5, 0.6) is 0 Å². The molecule has 2 N–H and O–H groups in total. The molecule has 1 amide bonds. The fourth-order valence-corrected chi connectivity index (χ4v) is 1.56. The molecule has 5 heteroatoms. The van der Waals surface area contributed by atoms with Crippen molar-refractivity contribution in [2.75, 3.05) is 19.6 Å². The number of nitrogens with one attached hydrogen (secondary N) is 1. The monoisotopic (exact) mass is 228 g/mol. The van der Waals surface area contributed by atoms with Crippen LogP contribution in [0.25, 0.3) is 0 Å². The standard InChI is InChI=1S/C11H20N2O3/c1-2-6-13(8-11(15)16)7-5-10(14)12-9-3-4-9/h9H,2-8H2,1H3,(H,12,14)(H,15,16). The van der Waals surface area contributed by atoms with Crippen LogP contribution in [0.15, 0.2) is 0 Å². The fraction of sp³-hybridized carbons (Fsp3) is 0.818. The van der Waals surface area contributed by atoms with Crippen LogP contribution < -0.4 is 5.32 Å². The predicted molar refractivity (Wildman–Crippen MR) is 60.1 cm³/mol. The Kier molecular flexibility index (Phi) is 5.25. The van der Waals surface area contributed by atoms with Gasteiger partial charge in [0.1, 0.15) is 0 Å². The molecule has 0 saturated heterocycles. The molecule has 0 bridgehead atoms. The van der Waals surface area contributed by atoms with Gasteiger partial charge >= 0.3 is 5.97 Å². The normalized spacial score (nSPS) is 15.1. The number of carboxylic acids is 1. The Bertz CT molecular complexity index is 252. The molecular weight excluding hydrogens is 208 g/mol. The Hall–Kier alpha value is -1.10. The van der Waals surface area contributed by atoms with Gasteiger partial charge in [0.25, 0.3) is 0 Å². The number of aliphatic carboxylic acids is 1. The molecule has 0 aliphatic heterocycles. The van der Waals surface area contributed by atoms with E-state index < -0.39 is 5.97 Å². The third-order valence-electron chi connectivity index (χ3n) is 2.50. The SMILES string of the molecule is CCCN(CCC(=O)NC1CC1)CC(=O)O. The second-order valence-corrected chi connectivity index (χ2v) is 4.26. The van der Waals surface area contributed by atoms with Crippen LogP contribution in [0.2, 0.25) is 0 Å². The van der Waals surface area contributed by atoms with Gasteiger partial charge in [0.15, 0.2) is 0 Å². The lowest BCUT2D eigenvalue weighted by molar-refractivity contribution is -0.138. The average molecular weight is 228 g/mol. The van der Waals surface area contributed by atoms with Gasteiger partial charge in [0, 0.05) is 19.0 Å². The number of carbonyl (C=O) groups is 2. The number of hydrogen-bond acceptors (Lipinski definition) is 3. The topological polar surface area (TPSA) is 69.6 Å². The maximum Gasteiger partial charge on any atom is 0.317 e. The van der Waals surface area contributed by atoms with Gasteiger partial charge in [-0.3, -0.25) is 14.5 Å². The van der Waals surface area contributed by atoms with E-state index in [-0.39, 0.29) is 12.5 Å². The van der Waals surface area contributed by atoms with Crippen molar-refractivity contribution in [3.63, 3.8) is 0 Å². The maximum absolute atomic E-state index is 11.4. The molecule has 92 valence electrons. The largest absolute Gasteiger partial charge is 0.480 e. The van der Waals surface area contributed by atoms with Crippen LogP contribution in [0, 0.1) is 0 Å². The van der Waals surface area contributed by atoms with Crippen LogP contribution >= 0.6 is 0 Å². The van der Waals surface area contributed by atoms with Gasteiger partial charge in [-0.05, 0) is 25.8 Å². The van der Waals surface area contributed by atoms with Gasteiger partial charge < -0.3 is 10.4 Å². The van der Waals surface area contributed by atoms with Crippen molar-refractivity contribution in [1.29, 1.82) is 0 Å². The van der Waals surface area contributed by atoms with Gasteiger partial charge in [0.05, 0.1) is 6.54 Å². The van der Waals surface area contributed by atoms with Crippen LogP contribution in [0.4, 0.5) is 0 Å². The zero-order chi connectivity index (χ0) is 12.0. The van der Waals surface area contributed by atoms with Crippen LogP contribution in [-0.4, -0.2) is 47.6 Å². The third kappa shape index (κ3) is 5.70. The van der Waals surface area contributed by atoms with E-state index in [1.807, 2.05) is 6.92 Å². The summed E-state index contributed by atoms with van der Waals surface area (Å²) < 4.78 is 0. The predicted octanol–water partition coefficient (Wildman–Crippen LogP) is 0.452. The number of hydrogen-bond donors (Lipinski definition) is 2. The number of amides is 1. The molecule has 1 aliphatic rings. The Morgan fingerprint density at radius 3 is 2.56 bits per heavy atom. The fourth-order valence-electron chi connectivity index (χ4n) is 1.56. The molecular formula is C11H20N2O3. The molecule has 0 aromatic carbocycles. The first-order chi connectivity index (χ1) is 7.61. The van der Waals surface area contributed by atoms with Crippen molar-refractivity contribution < 1.29 is 14.7 Å². The van der Waals surface area contributed by atoms with Crippen molar-refractivity contribution in [1.82, 2.24) is 10.2 Å². The average Bonchev–Trinajstić information content (AvgIpc) is 2.97. The van der Waals surface area contributed by atoms with Crippen LogP contribution in [0.3, 0.4) is 0 Å². The van der Waals surface area contributed by atoms with Crippen LogP contribution in [0.1, 0.15) is 32.6 Å². The molecule has 0 aromatic rings. The van der Waals surface area contributed by atoms with Crippen molar-refractivity contribution in [2.24, 2.45) is 0 Å². The molecule has 16 heavy (non-hydrogen) atoms. The first-order valence-electron chi connectivity index (χ1n) is 5.85. The van der Waals surface area contributed by atoms with E-state index in [0.29, 0.717) is 19.0 Å². The highest BCUT2D eigenvalue weighted by Crippen LogP contribution is 2.18. The molecule has 1 rings (SSSR count). The minimum Gasteiger partial charge on any atom is -0.480 e. The number of rotatable bonds is 8. The Morgan fingerprint density at radius 1 is 1.38 bits per heavy atom. The summed E-state index contributed by atoms with van der Waals surface area (Å²) in [6.45, 7) is 3.27. The van der Waals surface area contributed by atoms with Gasteiger partial charge in [0.2, 0.25) is 5.91 Å². The second kappa shape index (κ2) is 6.48. The number of carboxylic acid groups (broad SMARTS) is 1. The van der Waals surface area contributed by atoms with Crippen molar-refractivity contribution >= 4 is 11.9 Å². The van der Waals surface area contributed by atoms with Gasteiger partial charge in [-0.1, -0.05) is 6.92 Å². The zero-order valence-electron chi connectivity index (χ0n) is 9.74. The lowest BCUT2D eigenvalue weighted by atomic mass is 10.3. The lowest BCUT2D eigenvalue weighted by Crippen LogP contribution is -2.35. The maximum atomic E-state index is 11.4. The van der Waals surface area contributed by atoms with Crippen LogP contribution in [-0.2, 0) is 9.59 Å². The molecule has 5 nitrogen and oxygen atoms in total. The molecule has 1 aliphatic carbocycles. The van der Waals surface area contributed by atoms with E-state index in [1.165, 1.54) is 0 Å². The summed E-state index contributed by atoms with van der Waals surface area (Å²) in [5.74, 6) is -0.801. The molecule has 0 atom stereocenters. The summed E-state index contributed by atoms with van der Waals surface area (Å²) in [5, 5.41) is 11.6. The zero-order valence-corrected chi connectivity index (χ0v) is 9.74. The van der Waals surface area contributed by atoms with Gasteiger partial charge in [-0.2, -0.15) is 0 Å². The Morgan fingerprint density at radius 2 is 2.06 bits per heavy atom. The minimum atomic E-state index is -0.837. The molecule has 0 heterocycles.